The minimum absolute atomic E-state index is 0.0370. The summed E-state index contributed by atoms with van der Waals surface area (Å²) < 4.78 is 13.2. The molecule has 0 unspecified atom stereocenters. The molecule has 0 aliphatic heterocycles. The van der Waals surface area contributed by atoms with Crippen molar-refractivity contribution in [3.05, 3.63) is 52.1 Å². The van der Waals surface area contributed by atoms with Crippen LogP contribution < -0.4 is 9.64 Å². The molecule has 4 aliphatic rings. The smallest absolute Gasteiger partial charge is 0.231 e. The number of hydrogen-bond donors (Lipinski definition) is 0. The highest BCUT2D eigenvalue weighted by molar-refractivity contribution is 9.10. The Hall–Kier alpha value is -1.70. The third-order valence-corrected chi connectivity index (χ3v) is 16.5. The number of amides is 1. The van der Waals surface area contributed by atoms with Crippen LogP contribution in [0.25, 0.3) is 0 Å². The number of halogens is 1. The monoisotopic (exact) mass is 654 g/mol. The van der Waals surface area contributed by atoms with E-state index in [2.05, 4.69) is 79.8 Å². The van der Waals surface area contributed by atoms with Gasteiger partial charge in [0.05, 0.1) is 7.11 Å². The van der Waals surface area contributed by atoms with Gasteiger partial charge >= 0.3 is 0 Å². The molecule has 7 heteroatoms. The molecule has 1 amide bonds. The Kier molecular flexibility index (Phi) is 9.06. The van der Waals surface area contributed by atoms with Crippen LogP contribution >= 0.6 is 15.9 Å². The van der Waals surface area contributed by atoms with Crippen molar-refractivity contribution < 1.29 is 14.0 Å². The lowest BCUT2D eigenvalue weighted by molar-refractivity contribution is -0.124. The second kappa shape index (κ2) is 12.0. The van der Waals surface area contributed by atoms with Crippen molar-refractivity contribution >= 4 is 36.0 Å². The first-order chi connectivity index (χ1) is 19.8. The number of carbonyl (C=O) groups excluding carboxylic acids is 1. The fraction of sp³-hybridized carbons (Fsp3) is 0.657. The van der Waals surface area contributed by atoms with Crippen LogP contribution in [0, 0.1) is 18.3 Å². The molecular formula is C35H51BrN2O3Si. The van der Waals surface area contributed by atoms with Crippen molar-refractivity contribution in [2.24, 2.45) is 11.3 Å². The van der Waals surface area contributed by atoms with E-state index in [1.165, 1.54) is 30.4 Å². The van der Waals surface area contributed by atoms with Gasteiger partial charge in [0.1, 0.15) is 11.6 Å². The number of hydrogen-bond acceptors (Lipinski definition) is 4. The lowest BCUT2D eigenvalue weighted by Gasteiger charge is -2.55. The Balaban J connectivity index is 1.29. The van der Waals surface area contributed by atoms with Gasteiger partial charge in [0.25, 0.3) is 0 Å². The van der Waals surface area contributed by atoms with Gasteiger partial charge in [0, 0.05) is 29.2 Å². The maximum atomic E-state index is 14.3. The van der Waals surface area contributed by atoms with Gasteiger partial charge in [0.2, 0.25) is 5.91 Å². The third-order valence-electron chi connectivity index (χ3n) is 11.4. The Morgan fingerprint density at radius 1 is 1.02 bits per heavy atom. The molecule has 1 heterocycles. The van der Waals surface area contributed by atoms with Crippen molar-refractivity contribution in [1.29, 1.82) is 0 Å². The van der Waals surface area contributed by atoms with E-state index in [9.17, 15) is 4.79 Å². The number of pyridine rings is 1. The maximum Gasteiger partial charge on any atom is 0.231 e. The number of fused-ring (bicyclic) bond motifs is 3. The maximum absolute atomic E-state index is 14.3. The van der Waals surface area contributed by atoms with E-state index in [1.54, 1.807) is 7.11 Å². The average Bonchev–Trinajstić information content (AvgIpc) is 2.96. The van der Waals surface area contributed by atoms with E-state index in [0.717, 1.165) is 67.5 Å². The zero-order chi connectivity index (χ0) is 30.3. The molecule has 0 saturated heterocycles. The molecule has 0 atom stereocenters. The number of aryl methyl sites for hydroxylation is 1. The van der Waals surface area contributed by atoms with Crippen LogP contribution in [0.4, 0.5) is 5.82 Å². The third kappa shape index (κ3) is 6.39. The molecule has 1 aromatic heterocycles. The molecule has 2 bridgehead atoms. The second-order valence-corrected chi connectivity index (χ2v) is 20.7. The summed E-state index contributed by atoms with van der Waals surface area (Å²) in [4.78, 5) is 21.1. The summed E-state index contributed by atoms with van der Waals surface area (Å²) in [7, 11) is -0.0700. The van der Waals surface area contributed by atoms with E-state index >= 15 is 0 Å². The van der Waals surface area contributed by atoms with Crippen LogP contribution in [0.5, 0.6) is 5.75 Å². The van der Waals surface area contributed by atoms with Crippen LogP contribution in [0.1, 0.15) is 96.1 Å². The summed E-state index contributed by atoms with van der Waals surface area (Å²) in [5.74, 6) is 2.05. The number of carbonyl (C=O) groups is 1. The van der Waals surface area contributed by atoms with Crippen LogP contribution in [0.15, 0.2) is 41.0 Å². The number of anilines is 1. The molecular weight excluding hydrogens is 604 g/mol. The zero-order valence-electron chi connectivity index (χ0n) is 26.9. The minimum Gasteiger partial charge on any atom is -0.496 e. The molecule has 0 radical (unpaired) electrons. The summed E-state index contributed by atoms with van der Waals surface area (Å²) in [6, 6.07) is 10.7. The number of benzene rings is 1. The van der Waals surface area contributed by atoms with Crippen molar-refractivity contribution in [2.75, 3.05) is 18.6 Å². The van der Waals surface area contributed by atoms with E-state index in [0.29, 0.717) is 0 Å². The molecule has 4 fully saturated rings. The molecule has 0 spiro atoms. The molecule has 230 valence electrons. The Labute approximate surface area is 263 Å². The number of rotatable bonds is 8. The lowest BCUT2D eigenvalue weighted by Crippen LogP contribution is -2.52. The van der Waals surface area contributed by atoms with Crippen molar-refractivity contribution in [3.8, 4) is 5.75 Å². The van der Waals surface area contributed by atoms with Crippen LogP contribution in [0.3, 0.4) is 0 Å². The predicted octanol–water partition coefficient (Wildman–Crippen LogP) is 9.37. The second-order valence-electron chi connectivity index (χ2n) is 15.1. The highest BCUT2D eigenvalue weighted by atomic mass is 79.9. The largest absolute Gasteiger partial charge is 0.496 e. The molecule has 0 N–H and O–H groups in total. The average molecular weight is 656 g/mol. The number of aromatic nitrogens is 1. The standard InChI is InChI=1S/C35H51BrN2O3Si/c1-25-22-27(10-13-30(25)40-5)35-18-15-34(16-19-35,17-20-35)24-38(31-23-28(36)14-21-37-31)32(39)26-8-11-29(12-9-26)41-42(6,7)33(2,3)4/h10,13-14,21-23,26,29H,8-9,11-12,15-20,24H2,1-7H3/t26-,29-,34?,35?. The molecule has 2 aromatic rings. The first-order valence-corrected chi connectivity index (χ1v) is 19.7. The van der Waals surface area contributed by atoms with Gasteiger partial charge in [-0.05, 0) is 129 Å². The van der Waals surface area contributed by atoms with Crippen molar-refractivity contribution in [1.82, 2.24) is 4.98 Å². The normalized spacial score (nSPS) is 28.0. The summed E-state index contributed by atoms with van der Waals surface area (Å²) in [5.41, 5.74) is 3.09. The minimum atomic E-state index is -1.82. The molecule has 4 aliphatic carbocycles. The first-order valence-electron chi connectivity index (χ1n) is 16.0. The topological polar surface area (TPSA) is 51.7 Å². The van der Waals surface area contributed by atoms with Crippen molar-refractivity contribution in [2.45, 2.75) is 122 Å². The SMILES string of the molecule is COc1ccc(C23CCC(CN(c4cc(Br)ccn4)C(=O)[C@H]4CC[C@H](O[Si](C)(C)C(C)(C)C)CC4)(CC2)CC3)cc1C. The van der Waals surface area contributed by atoms with Gasteiger partial charge in [-0.1, -0.05) is 48.8 Å². The Morgan fingerprint density at radius 3 is 2.21 bits per heavy atom. The number of ether oxygens (including phenoxy) is 1. The van der Waals surface area contributed by atoms with Gasteiger partial charge in [-0.25, -0.2) is 4.98 Å². The van der Waals surface area contributed by atoms with Gasteiger partial charge in [-0.15, -0.1) is 0 Å². The van der Waals surface area contributed by atoms with Gasteiger partial charge in [0.15, 0.2) is 8.32 Å². The van der Waals surface area contributed by atoms with Crippen LogP contribution in [-0.4, -0.2) is 39.0 Å². The van der Waals surface area contributed by atoms with Crippen molar-refractivity contribution in [3.63, 3.8) is 0 Å². The van der Waals surface area contributed by atoms with E-state index in [4.69, 9.17) is 14.1 Å². The highest BCUT2D eigenvalue weighted by Gasteiger charge is 2.51. The molecule has 5 nitrogen and oxygen atoms in total. The Morgan fingerprint density at radius 2 is 1.67 bits per heavy atom. The number of methoxy groups -OCH3 is 1. The van der Waals surface area contributed by atoms with E-state index in [1.807, 2.05) is 18.3 Å². The molecule has 4 saturated carbocycles. The van der Waals surface area contributed by atoms with E-state index < -0.39 is 8.32 Å². The van der Waals surface area contributed by atoms with Crippen LogP contribution in [-0.2, 0) is 14.6 Å². The lowest BCUT2D eigenvalue weighted by atomic mass is 9.51. The summed E-state index contributed by atoms with van der Waals surface area (Å²) in [5, 5.41) is 0.200. The number of nitrogens with zero attached hydrogens (tertiary/aromatic N) is 2. The summed E-state index contributed by atoms with van der Waals surface area (Å²) >= 11 is 3.64. The summed E-state index contributed by atoms with van der Waals surface area (Å²) in [6.45, 7) is 14.5. The van der Waals surface area contributed by atoms with E-state index in [-0.39, 0.29) is 33.8 Å². The molecule has 42 heavy (non-hydrogen) atoms. The van der Waals surface area contributed by atoms with Gasteiger partial charge in [-0.2, -0.15) is 0 Å². The van der Waals surface area contributed by atoms with Gasteiger partial charge in [-0.3, -0.25) is 9.69 Å². The predicted molar refractivity (Wildman–Crippen MR) is 178 cm³/mol. The first kappa shape index (κ1) is 31.7. The summed E-state index contributed by atoms with van der Waals surface area (Å²) in [6.07, 6.45) is 12.8. The Bertz CT molecular complexity index is 1260. The zero-order valence-corrected chi connectivity index (χ0v) is 29.5. The van der Waals surface area contributed by atoms with Gasteiger partial charge < -0.3 is 9.16 Å². The molecule has 1 aromatic carbocycles. The fourth-order valence-electron chi connectivity index (χ4n) is 7.53. The quantitative estimate of drug-likeness (QED) is 0.266. The van der Waals surface area contributed by atoms with Crippen LogP contribution in [0.2, 0.25) is 18.1 Å². The molecule has 6 rings (SSSR count). The highest BCUT2D eigenvalue weighted by Crippen LogP contribution is 2.58. The fourth-order valence-corrected chi connectivity index (χ4v) is 9.28.